The van der Waals surface area contributed by atoms with E-state index in [0.717, 1.165) is 5.69 Å². The minimum atomic E-state index is 0.209. The van der Waals surface area contributed by atoms with Gasteiger partial charge in [0.15, 0.2) is 0 Å². The molecule has 0 aliphatic heterocycles. The van der Waals surface area contributed by atoms with Crippen LogP contribution in [-0.2, 0) is 0 Å². The highest BCUT2D eigenvalue weighted by atomic mass is 35.5. The van der Waals surface area contributed by atoms with Crippen molar-refractivity contribution in [1.29, 1.82) is 5.26 Å². The van der Waals surface area contributed by atoms with Crippen LogP contribution in [0.25, 0.3) is 11.3 Å². The van der Waals surface area contributed by atoms with E-state index in [0.29, 0.717) is 10.7 Å². The largest absolute Gasteiger partial charge is 0.359 e. The Hall–Kier alpha value is -3.18. The van der Waals surface area contributed by atoms with E-state index in [1.165, 1.54) is 6.20 Å². The fourth-order valence-corrected chi connectivity index (χ4v) is 2.00. The molecule has 0 amide bonds. The van der Waals surface area contributed by atoms with Gasteiger partial charge in [-0.3, -0.25) is 0 Å². The van der Waals surface area contributed by atoms with Gasteiger partial charge >= 0.3 is 0 Å². The molecule has 2 N–H and O–H groups in total. The molecule has 108 valence electrons. The van der Waals surface area contributed by atoms with E-state index in [9.17, 15) is 0 Å². The second-order valence-corrected chi connectivity index (χ2v) is 4.62. The van der Waals surface area contributed by atoms with Crippen molar-refractivity contribution >= 4 is 22.9 Å². The molecule has 0 unspecified atom stereocenters. The lowest BCUT2D eigenvalue weighted by Crippen LogP contribution is -1.99. The maximum atomic E-state index is 9.16. The summed E-state index contributed by atoms with van der Waals surface area (Å²) in [6, 6.07) is 7.38. The van der Waals surface area contributed by atoms with Crippen molar-refractivity contribution in [2.75, 3.05) is 5.32 Å². The van der Waals surface area contributed by atoms with E-state index >= 15 is 0 Å². The van der Waals surface area contributed by atoms with Crippen LogP contribution in [0.2, 0.25) is 5.02 Å². The highest BCUT2D eigenvalue weighted by molar-refractivity contribution is 6.31. The predicted octanol–water partition coefficient (Wildman–Crippen LogP) is 2.02. The Balaban J connectivity index is 1.95. The van der Waals surface area contributed by atoms with Crippen LogP contribution in [0.1, 0.15) is 5.82 Å². The number of H-pyrrole nitrogens is 1. The van der Waals surface area contributed by atoms with Crippen molar-refractivity contribution in [3.05, 3.63) is 54.0 Å². The van der Waals surface area contributed by atoms with E-state index in [-0.39, 0.29) is 11.4 Å². The van der Waals surface area contributed by atoms with Gasteiger partial charge < -0.3 is 9.88 Å². The van der Waals surface area contributed by atoms with Gasteiger partial charge in [-0.2, -0.15) is 10.5 Å². The van der Waals surface area contributed by atoms with Crippen molar-refractivity contribution < 1.29 is 0 Å². The Morgan fingerprint density at radius 1 is 1.45 bits per heavy atom. The van der Waals surface area contributed by atoms with Gasteiger partial charge in [0, 0.05) is 23.6 Å². The van der Waals surface area contributed by atoms with Crippen LogP contribution in [0.5, 0.6) is 0 Å². The van der Waals surface area contributed by atoms with Crippen LogP contribution < -0.4 is 5.32 Å². The Kier molecular flexibility index (Phi) is 3.80. The van der Waals surface area contributed by atoms with Gasteiger partial charge in [-0.25, -0.2) is 4.98 Å². The van der Waals surface area contributed by atoms with Crippen molar-refractivity contribution in [2.45, 2.75) is 0 Å². The molecule has 0 aliphatic carbocycles. The summed E-state index contributed by atoms with van der Waals surface area (Å²) in [5.41, 5.74) is 1.79. The topological polar surface area (TPSA) is 108 Å². The number of halogens is 1. The second-order valence-electron chi connectivity index (χ2n) is 4.18. The monoisotopic (exact) mass is 312 g/mol. The van der Waals surface area contributed by atoms with E-state index in [1.54, 1.807) is 24.7 Å². The van der Waals surface area contributed by atoms with Gasteiger partial charge in [0.25, 0.3) is 0 Å². The standard InChI is InChI=1S/C13H9ClN8/c14-10-1-2-12(22-4-3-16-8-22)11(5-10)17-7-9(6-15)13-18-20-21-19-13/h1-5,7-8,17H,(H,18,19,20,21). The average molecular weight is 313 g/mol. The summed E-state index contributed by atoms with van der Waals surface area (Å²) in [7, 11) is 0. The summed E-state index contributed by atoms with van der Waals surface area (Å²) in [5.74, 6) is 0.209. The molecule has 0 radical (unpaired) electrons. The minimum absolute atomic E-state index is 0.209. The number of tetrazole rings is 1. The third-order valence-corrected chi connectivity index (χ3v) is 3.05. The second kappa shape index (κ2) is 6.07. The molecule has 0 bridgehead atoms. The normalized spacial score (nSPS) is 11.2. The molecule has 1 aromatic carbocycles. The van der Waals surface area contributed by atoms with Crippen LogP contribution in [0.15, 0.2) is 43.1 Å². The van der Waals surface area contributed by atoms with E-state index in [4.69, 9.17) is 16.9 Å². The average Bonchev–Trinajstić information content (AvgIpc) is 3.21. The summed E-state index contributed by atoms with van der Waals surface area (Å²) in [6.45, 7) is 0. The molecular formula is C13H9ClN8. The van der Waals surface area contributed by atoms with Crippen LogP contribution in [0.4, 0.5) is 5.69 Å². The maximum absolute atomic E-state index is 9.16. The smallest absolute Gasteiger partial charge is 0.216 e. The number of aromatic amines is 1. The number of nitriles is 1. The fraction of sp³-hybridized carbons (Fsp3) is 0. The number of allylic oxidation sites excluding steroid dienone is 1. The van der Waals surface area contributed by atoms with Crippen molar-refractivity contribution in [3.8, 4) is 11.8 Å². The number of rotatable bonds is 4. The first kappa shape index (κ1) is 13.8. The Labute approximate surface area is 130 Å². The number of anilines is 1. The minimum Gasteiger partial charge on any atom is -0.359 e. The molecule has 0 aliphatic rings. The summed E-state index contributed by atoms with van der Waals surface area (Å²) in [4.78, 5) is 4.02. The summed E-state index contributed by atoms with van der Waals surface area (Å²) < 4.78 is 1.83. The number of nitrogens with one attached hydrogen (secondary N) is 2. The lowest BCUT2D eigenvalue weighted by molar-refractivity contribution is 0.881. The lowest BCUT2D eigenvalue weighted by atomic mass is 10.2. The predicted molar refractivity (Wildman–Crippen MR) is 80.0 cm³/mol. The summed E-state index contributed by atoms with van der Waals surface area (Å²) in [6.07, 6.45) is 6.65. The summed E-state index contributed by atoms with van der Waals surface area (Å²) in [5, 5.41) is 26.0. The zero-order valence-electron chi connectivity index (χ0n) is 11.1. The first-order valence-electron chi connectivity index (χ1n) is 6.16. The Morgan fingerprint density at radius 3 is 3.05 bits per heavy atom. The Bertz CT molecular complexity index is 830. The fourth-order valence-electron chi connectivity index (χ4n) is 1.82. The molecule has 2 heterocycles. The number of aromatic nitrogens is 6. The molecule has 3 aromatic rings. The number of hydrogen-bond donors (Lipinski definition) is 2. The van der Waals surface area contributed by atoms with Crippen LogP contribution in [-0.4, -0.2) is 30.2 Å². The molecule has 2 aromatic heterocycles. The van der Waals surface area contributed by atoms with Crippen molar-refractivity contribution in [3.63, 3.8) is 0 Å². The first-order valence-corrected chi connectivity index (χ1v) is 6.54. The zero-order chi connectivity index (χ0) is 15.4. The number of nitrogens with zero attached hydrogens (tertiary/aromatic N) is 6. The third-order valence-electron chi connectivity index (χ3n) is 2.82. The van der Waals surface area contributed by atoms with Gasteiger partial charge in [0.05, 0.1) is 17.7 Å². The molecule has 22 heavy (non-hydrogen) atoms. The first-order chi connectivity index (χ1) is 10.8. The van der Waals surface area contributed by atoms with E-state index in [2.05, 4.69) is 30.9 Å². The molecule has 9 heteroatoms. The molecule has 0 atom stereocenters. The molecule has 3 rings (SSSR count). The number of imidazole rings is 1. The Morgan fingerprint density at radius 2 is 2.36 bits per heavy atom. The van der Waals surface area contributed by atoms with Crippen LogP contribution >= 0.6 is 11.6 Å². The third kappa shape index (κ3) is 2.79. The zero-order valence-corrected chi connectivity index (χ0v) is 11.9. The maximum Gasteiger partial charge on any atom is 0.216 e. The summed E-state index contributed by atoms with van der Waals surface area (Å²) >= 11 is 6.04. The molecule has 0 spiro atoms. The van der Waals surface area contributed by atoms with Crippen LogP contribution in [0.3, 0.4) is 0 Å². The SMILES string of the molecule is N#CC(=CNc1cc(Cl)ccc1-n1ccnc1)c1nn[nH]n1. The van der Waals surface area contributed by atoms with Crippen molar-refractivity contribution in [1.82, 2.24) is 30.2 Å². The van der Waals surface area contributed by atoms with Gasteiger partial charge in [0.1, 0.15) is 11.6 Å². The van der Waals surface area contributed by atoms with E-state index in [1.807, 2.05) is 22.9 Å². The number of benzene rings is 1. The molecular weight excluding hydrogens is 304 g/mol. The van der Waals surface area contributed by atoms with Crippen LogP contribution in [0, 0.1) is 11.3 Å². The molecule has 0 saturated carbocycles. The van der Waals surface area contributed by atoms with Gasteiger partial charge in [-0.1, -0.05) is 11.6 Å². The van der Waals surface area contributed by atoms with Gasteiger partial charge in [-0.05, 0) is 23.4 Å². The van der Waals surface area contributed by atoms with Crippen molar-refractivity contribution in [2.24, 2.45) is 0 Å². The highest BCUT2D eigenvalue weighted by Gasteiger charge is 2.08. The molecule has 0 saturated heterocycles. The quantitative estimate of drug-likeness (QED) is 0.713. The van der Waals surface area contributed by atoms with E-state index < -0.39 is 0 Å². The molecule has 0 fully saturated rings. The van der Waals surface area contributed by atoms with Gasteiger partial charge in [0.2, 0.25) is 5.82 Å². The highest BCUT2D eigenvalue weighted by Crippen LogP contribution is 2.25. The number of hydrogen-bond acceptors (Lipinski definition) is 6. The van der Waals surface area contributed by atoms with Gasteiger partial charge in [-0.15, -0.1) is 10.2 Å². The lowest BCUT2D eigenvalue weighted by Gasteiger charge is -2.10. The molecule has 8 nitrogen and oxygen atoms in total.